The van der Waals surface area contributed by atoms with Gasteiger partial charge in [-0.1, -0.05) is 26.8 Å². The fourth-order valence-corrected chi connectivity index (χ4v) is 3.59. The van der Waals surface area contributed by atoms with Crippen LogP contribution in [0.25, 0.3) is 22.6 Å². The molecule has 0 fully saturated rings. The third-order valence-corrected chi connectivity index (χ3v) is 5.15. The van der Waals surface area contributed by atoms with Gasteiger partial charge < -0.3 is 24.6 Å². The summed E-state index contributed by atoms with van der Waals surface area (Å²) in [5.41, 5.74) is 9.13. The molecule has 0 aliphatic carbocycles. The number of imidazole rings is 1. The molecule has 3 rings (SSSR count). The van der Waals surface area contributed by atoms with Gasteiger partial charge >= 0.3 is 7.60 Å². The number of hydrogen-bond acceptors (Lipinski definition) is 5. The molecule has 0 aliphatic rings. The van der Waals surface area contributed by atoms with Crippen molar-refractivity contribution in [3.05, 3.63) is 29.8 Å². The number of anilines is 1. The van der Waals surface area contributed by atoms with Crippen LogP contribution in [0.1, 0.15) is 26.3 Å². The van der Waals surface area contributed by atoms with Gasteiger partial charge in [0.05, 0.1) is 17.8 Å². The SMILES string of the molecule is CCc1ccc2[nH]c(-c3ccc(P(=O)(O)OCC(C)C)o3)nc2c1N. The van der Waals surface area contributed by atoms with E-state index in [-0.39, 0.29) is 18.0 Å². The highest BCUT2D eigenvalue weighted by Crippen LogP contribution is 2.42. The van der Waals surface area contributed by atoms with Crippen LogP contribution in [0.2, 0.25) is 0 Å². The largest absolute Gasteiger partial charge is 0.445 e. The van der Waals surface area contributed by atoms with E-state index in [1.165, 1.54) is 6.07 Å². The van der Waals surface area contributed by atoms with Crippen LogP contribution in [-0.4, -0.2) is 21.5 Å². The van der Waals surface area contributed by atoms with Crippen LogP contribution in [0.3, 0.4) is 0 Å². The zero-order valence-corrected chi connectivity index (χ0v) is 15.3. The van der Waals surface area contributed by atoms with E-state index in [0.717, 1.165) is 17.5 Å². The third kappa shape index (κ3) is 3.49. The second-order valence-corrected chi connectivity index (χ2v) is 8.06. The van der Waals surface area contributed by atoms with Gasteiger partial charge in [-0.25, -0.2) is 4.98 Å². The Hall–Kier alpha value is -2.08. The summed E-state index contributed by atoms with van der Waals surface area (Å²) < 4.78 is 22.9. The number of fused-ring (bicyclic) bond motifs is 1. The molecule has 8 heteroatoms. The van der Waals surface area contributed by atoms with E-state index in [0.29, 0.717) is 22.8 Å². The number of nitrogens with zero attached hydrogens (tertiary/aromatic N) is 1. The predicted octanol–water partition coefficient (Wildman–Crippen LogP) is 3.45. The number of furan rings is 1. The van der Waals surface area contributed by atoms with Crippen LogP contribution in [0, 0.1) is 5.92 Å². The second kappa shape index (κ2) is 6.67. The summed E-state index contributed by atoms with van der Waals surface area (Å²) in [5, 5.41) is 0. The van der Waals surface area contributed by atoms with Crippen molar-refractivity contribution >= 4 is 29.8 Å². The van der Waals surface area contributed by atoms with Crippen molar-refractivity contribution in [1.82, 2.24) is 9.97 Å². The molecule has 0 aliphatic heterocycles. The maximum absolute atomic E-state index is 12.3. The molecule has 134 valence electrons. The summed E-state index contributed by atoms with van der Waals surface area (Å²) in [6.07, 6.45) is 0.815. The number of H-pyrrole nitrogens is 1. The number of hydrogen-bond donors (Lipinski definition) is 3. The fraction of sp³-hybridized carbons (Fsp3) is 0.353. The molecule has 4 N–H and O–H groups in total. The Bertz CT molecular complexity index is 945. The average Bonchev–Trinajstić information content (AvgIpc) is 3.20. The number of aryl methyl sites for hydroxylation is 1. The Kier molecular flexibility index (Phi) is 4.73. The van der Waals surface area contributed by atoms with Gasteiger partial charge in [-0.15, -0.1) is 0 Å². The number of benzene rings is 1. The topological polar surface area (TPSA) is 114 Å². The van der Waals surface area contributed by atoms with Crippen LogP contribution in [-0.2, 0) is 15.5 Å². The highest BCUT2D eigenvalue weighted by atomic mass is 31.2. The number of nitrogens with two attached hydrogens (primary N) is 1. The van der Waals surface area contributed by atoms with Gasteiger partial charge in [-0.05, 0) is 36.1 Å². The molecule has 0 bridgehead atoms. The number of nitrogen functional groups attached to an aromatic ring is 1. The van der Waals surface area contributed by atoms with E-state index < -0.39 is 7.60 Å². The first-order chi connectivity index (χ1) is 11.8. The quantitative estimate of drug-likeness (QED) is 0.456. The van der Waals surface area contributed by atoms with Crippen molar-refractivity contribution in [3.8, 4) is 11.6 Å². The molecule has 2 heterocycles. The van der Waals surface area contributed by atoms with Crippen molar-refractivity contribution < 1.29 is 18.4 Å². The number of aromatic amines is 1. The smallest absolute Gasteiger partial charge is 0.393 e. The number of nitrogens with one attached hydrogen (secondary N) is 1. The predicted molar refractivity (Wildman–Crippen MR) is 97.8 cm³/mol. The molecule has 1 unspecified atom stereocenters. The summed E-state index contributed by atoms with van der Waals surface area (Å²) in [5.74, 6) is 0.942. The first-order valence-electron chi connectivity index (χ1n) is 8.17. The Morgan fingerprint density at radius 1 is 1.36 bits per heavy atom. The summed E-state index contributed by atoms with van der Waals surface area (Å²) >= 11 is 0. The highest BCUT2D eigenvalue weighted by Gasteiger charge is 2.28. The lowest BCUT2D eigenvalue weighted by Crippen LogP contribution is -2.08. The van der Waals surface area contributed by atoms with Gasteiger partial charge in [0, 0.05) is 0 Å². The van der Waals surface area contributed by atoms with Crippen molar-refractivity contribution in [2.24, 2.45) is 5.92 Å². The standard InChI is InChI=1S/C17H22N3O4P/c1-4-11-5-6-12-16(15(11)18)20-17(19-12)13-7-8-14(24-13)25(21,22)23-9-10(2)3/h5-8,10H,4,9,18H2,1-3H3,(H,19,20)(H,21,22). The molecule has 0 radical (unpaired) electrons. The third-order valence-electron chi connectivity index (χ3n) is 3.85. The maximum atomic E-state index is 12.3. The molecule has 0 saturated carbocycles. The van der Waals surface area contributed by atoms with Gasteiger partial charge in [-0.2, -0.15) is 0 Å². The molecule has 0 saturated heterocycles. The normalized spacial score (nSPS) is 14.3. The van der Waals surface area contributed by atoms with Crippen LogP contribution in [0.15, 0.2) is 28.7 Å². The molecule has 7 nitrogen and oxygen atoms in total. The Balaban J connectivity index is 1.93. The summed E-state index contributed by atoms with van der Waals surface area (Å²) in [6, 6.07) is 6.89. The monoisotopic (exact) mass is 363 g/mol. The molecular weight excluding hydrogens is 341 g/mol. The van der Waals surface area contributed by atoms with Gasteiger partial charge in [0.25, 0.3) is 0 Å². The van der Waals surface area contributed by atoms with Crippen molar-refractivity contribution in [3.63, 3.8) is 0 Å². The Labute approximate surface area is 145 Å². The van der Waals surface area contributed by atoms with E-state index in [2.05, 4.69) is 9.97 Å². The summed E-state index contributed by atoms with van der Waals surface area (Å²) in [7, 11) is -3.99. The lowest BCUT2D eigenvalue weighted by atomic mass is 10.1. The van der Waals surface area contributed by atoms with Gasteiger partial charge in [0.15, 0.2) is 11.6 Å². The molecule has 1 atom stereocenters. The molecule has 1 aromatic carbocycles. The van der Waals surface area contributed by atoms with E-state index in [1.54, 1.807) is 6.07 Å². The minimum atomic E-state index is -3.99. The Morgan fingerprint density at radius 2 is 2.12 bits per heavy atom. The lowest BCUT2D eigenvalue weighted by Gasteiger charge is -2.11. The molecule has 25 heavy (non-hydrogen) atoms. The number of aromatic nitrogens is 2. The fourth-order valence-electron chi connectivity index (χ4n) is 2.48. The summed E-state index contributed by atoms with van der Waals surface area (Å²) in [6.45, 7) is 6.00. The zero-order valence-electron chi connectivity index (χ0n) is 14.4. The van der Waals surface area contributed by atoms with Crippen LogP contribution < -0.4 is 11.2 Å². The second-order valence-electron chi connectivity index (χ2n) is 6.32. The van der Waals surface area contributed by atoms with Crippen molar-refractivity contribution in [2.75, 3.05) is 12.3 Å². The molecule has 3 aromatic rings. The first-order valence-corrected chi connectivity index (χ1v) is 9.74. The van der Waals surface area contributed by atoms with Crippen molar-refractivity contribution in [1.29, 1.82) is 0 Å². The molecule has 2 aromatic heterocycles. The van der Waals surface area contributed by atoms with E-state index >= 15 is 0 Å². The first kappa shape index (κ1) is 17.7. The minimum Gasteiger partial charge on any atom is -0.445 e. The zero-order chi connectivity index (χ0) is 18.2. The van der Waals surface area contributed by atoms with Crippen LogP contribution in [0.4, 0.5) is 5.69 Å². The van der Waals surface area contributed by atoms with Crippen LogP contribution in [0.5, 0.6) is 0 Å². The lowest BCUT2D eigenvalue weighted by molar-refractivity contribution is 0.233. The summed E-state index contributed by atoms with van der Waals surface area (Å²) in [4.78, 5) is 17.6. The van der Waals surface area contributed by atoms with Crippen molar-refractivity contribution in [2.45, 2.75) is 27.2 Å². The van der Waals surface area contributed by atoms with E-state index in [1.807, 2.05) is 32.9 Å². The highest BCUT2D eigenvalue weighted by molar-refractivity contribution is 7.60. The molecule has 0 spiro atoms. The maximum Gasteiger partial charge on any atom is 0.393 e. The average molecular weight is 363 g/mol. The molecule has 0 amide bonds. The van der Waals surface area contributed by atoms with Gasteiger partial charge in [-0.3, -0.25) is 4.57 Å². The Morgan fingerprint density at radius 3 is 2.80 bits per heavy atom. The number of rotatable bonds is 6. The van der Waals surface area contributed by atoms with Gasteiger partial charge in [0.1, 0.15) is 5.52 Å². The van der Waals surface area contributed by atoms with Gasteiger partial charge in [0.2, 0.25) is 5.50 Å². The van der Waals surface area contributed by atoms with E-state index in [4.69, 9.17) is 14.7 Å². The van der Waals surface area contributed by atoms with E-state index in [9.17, 15) is 9.46 Å². The minimum absolute atomic E-state index is 0.106. The van der Waals surface area contributed by atoms with Crippen LogP contribution >= 0.6 is 7.60 Å². The molecular formula is C17H22N3O4P.